The molecular weight excluding hydrogens is 334 g/mol. The lowest BCUT2D eigenvalue weighted by Crippen LogP contribution is -2.35. The number of amides is 2. The summed E-state index contributed by atoms with van der Waals surface area (Å²) in [6, 6.07) is 7.58. The molecule has 0 spiro atoms. The van der Waals surface area contributed by atoms with E-state index in [0.29, 0.717) is 10.7 Å². The van der Waals surface area contributed by atoms with Gasteiger partial charge in [0.15, 0.2) is 5.13 Å². The highest BCUT2D eigenvalue weighted by Gasteiger charge is 2.33. The molecule has 6 heteroatoms. The maximum atomic E-state index is 12.4. The highest BCUT2D eigenvalue weighted by atomic mass is 32.1. The van der Waals surface area contributed by atoms with Crippen LogP contribution in [0.1, 0.15) is 59.1 Å². The molecule has 2 aromatic rings. The third-order valence-corrected chi connectivity index (χ3v) is 5.62. The summed E-state index contributed by atoms with van der Waals surface area (Å²) in [7, 11) is 0. The van der Waals surface area contributed by atoms with E-state index in [9.17, 15) is 9.59 Å². The Morgan fingerprint density at radius 2 is 2.04 bits per heavy atom. The standard InChI is InChI=1S/C19H23N3O2S/c1-4-12(3)20-18(24)14-9-10-15-16(14)21-19(25-15)22-17(23)13-7-5-11(2)6-8-13/h5-8,12,14H,4,9-10H2,1-3H3,(H,20,24)(H,21,22,23). The number of nitrogens with one attached hydrogen (secondary N) is 2. The zero-order valence-electron chi connectivity index (χ0n) is 14.8. The quantitative estimate of drug-likeness (QED) is 0.858. The van der Waals surface area contributed by atoms with E-state index < -0.39 is 0 Å². The lowest BCUT2D eigenvalue weighted by molar-refractivity contribution is -0.123. The Balaban J connectivity index is 1.70. The largest absolute Gasteiger partial charge is 0.353 e. The second kappa shape index (κ2) is 7.35. The van der Waals surface area contributed by atoms with Crippen LogP contribution in [-0.2, 0) is 11.2 Å². The number of hydrogen-bond donors (Lipinski definition) is 2. The van der Waals surface area contributed by atoms with Crippen LogP contribution < -0.4 is 10.6 Å². The van der Waals surface area contributed by atoms with Crippen molar-refractivity contribution < 1.29 is 9.59 Å². The summed E-state index contributed by atoms with van der Waals surface area (Å²) >= 11 is 1.47. The van der Waals surface area contributed by atoms with Crippen LogP contribution in [-0.4, -0.2) is 22.8 Å². The first kappa shape index (κ1) is 17.6. The molecule has 1 heterocycles. The van der Waals surface area contributed by atoms with E-state index in [1.165, 1.54) is 11.3 Å². The number of aromatic nitrogens is 1. The molecule has 0 bridgehead atoms. The average molecular weight is 357 g/mol. The number of nitrogens with zero attached hydrogens (tertiary/aromatic N) is 1. The van der Waals surface area contributed by atoms with Crippen LogP contribution in [0.15, 0.2) is 24.3 Å². The van der Waals surface area contributed by atoms with Gasteiger partial charge in [-0.05, 0) is 45.2 Å². The lowest BCUT2D eigenvalue weighted by Gasteiger charge is -2.15. The van der Waals surface area contributed by atoms with Crippen molar-refractivity contribution in [3.8, 4) is 0 Å². The predicted molar refractivity (Wildman–Crippen MR) is 100 cm³/mol. The van der Waals surface area contributed by atoms with Crippen LogP contribution in [0, 0.1) is 6.92 Å². The van der Waals surface area contributed by atoms with Gasteiger partial charge >= 0.3 is 0 Å². The number of anilines is 1. The maximum Gasteiger partial charge on any atom is 0.257 e. The smallest absolute Gasteiger partial charge is 0.257 e. The van der Waals surface area contributed by atoms with Gasteiger partial charge in [0.25, 0.3) is 5.91 Å². The second-order valence-electron chi connectivity index (χ2n) is 6.56. The van der Waals surface area contributed by atoms with E-state index in [-0.39, 0.29) is 23.8 Å². The molecule has 3 rings (SSSR count). The second-order valence-corrected chi connectivity index (χ2v) is 7.64. The number of fused-ring (bicyclic) bond motifs is 1. The zero-order chi connectivity index (χ0) is 18.0. The first-order valence-corrected chi connectivity index (χ1v) is 9.47. The zero-order valence-corrected chi connectivity index (χ0v) is 15.6. The summed E-state index contributed by atoms with van der Waals surface area (Å²) in [5, 5.41) is 6.45. The number of benzene rings is 1. The first-order valence-electron chi connectivity index (χ1n) is 8.66. The Bertz CT molecular complexity index is 782. The van der Waals surface area contributed by atoms with Gasteiger partial charge in [0.1, 0.15) is 0 Å². The summed E-state index contributed by atoms with van der Waals surface area (Å²) in [4.78, 5) is 30.4. The Labute approximate surface area is 151 Å². The highest BCUT2D eigenvalue weighted by Crippen LogP contribution is 2.38. The van der Waals surface area contributed by atoms with Crippen LogP contribution in [0.3, 0.4) is 0 Å². The third-order valence-electron chi connectivity index (χ3n) is 4.57. The SMILES string of the molecule is CCC(C)NC(=O)C1CCc2sc(NC(=O)c3ccc(C)cc3)nc21. The van der Waals surface area contributed by atoms with Crippen molar-refractivity contribution in [1.82, 2.24) is 10.3 Å². The number of aryl methyl sites for hydroxylation is 2. The topological polar surface area (TPSA) is 71.1 Å². The van der Waals surface area contributed by atoms with Crippen molar-refractivity contribution in [2.24, 2.45) is 0 Å². The molecule has 0 radical (unpaired) electrons. The molecule has 1 aliphatic rings. The Hall–Kier alpha value is -2.21. The van der Waals surface area contributed by atoms with E-state index in [4.69, 9.17) is 0 Å². The van der Waals surface area contributed by atoms with Crippen molar-refractivity contribution in [2.45, 2.75) is 52.0 Å². The molecule has 132 valence electrons. The van der Waals surface area contributed by atoms with E-state index in [2.05, 4.69) is 15.6 Å². The molecule has 5 nitrogen and oxygen atoms in total. The van der Waals surface area contributed by atoms with Gasteiger partial charge in [-0.25, -0.2) is 4.98 Å². The number of thiazole rings is 1. The molecule has 2 amide bonds. The maximum absolute atomic E-state index is 12.4. The number of rotatable bonds is 5. The van der Waals surface area contributed by atoms with Crippen LogP contribution in [0.4, 0.5) is 5.13 Å². The number of hydrogen-bond acceptors (Lipinski definition) is 4. The summed E-state index contributed by atoms with van der Waals surface area (Å²) in [6.07, 6.45) is 2.54. The number of carbonyl (C=O) groups excluding carboxylic acids is 2. The normalized spacial score (nSPS) is 17.0. The van der Waals surface area contributed by atoms with Gasteiger partial charge in [-0.15, -0.1) is 11.3 Å². The van der Waals surface area contributed by atoms with Gasteiger partial charge in [-0.1, -0.05) is 24.6 Å². The van der Waals surface area contributed by atoms with Gasteiger partial charge in [-0.3, -0.25) is 14.9 Å². The Morgan fingerprint density at radius 1 is 1.32 bits per heavy atom. The minimum atomic E-state index is -0.203. The fraction of sp³-hybridized carbons (Fsp3) is 0.421. The van der Waals surface area contributed by atoms with Gasteiger partial charge < -0.3 is 5.32 Å². The minimum absolute atomic E-state index is 0.0369. The third kappa shape index (κ3) is 3.90. The van der Waals surface area contributed by atoms with Gasteiger partial charge in [0.05, 0.1) is 11.6 Å². The van der Waals surface area contributed by atoms with Crippen LogP contribution in [0.25, 0.3) is 0 Å². The van der Waals surface area contributed by atoms with Crippen molar-refractivity contribution in [1.29, 1.82) is 0 Å². The van der Waals surface area contributed by atoms with E-state index in [1.807, 2.05) is 32.9 Å². The van der Waals surface area contributed by atoms with Crippen molar-refractivity contribution in [3.63, 3.8) is 0 Å². The minimum Gasteiger partial charge on any atom is -0.353 e. The molecule has 2 atom stereocenters. The fourth-order valence-electron chi connectivity index (χ4n) is 2.86. The van der Waals surface area contributed by atoms with Crippen molar-refractivity contribution >= 4 is 28.3 Å². The predicted octanol–water partition coefficient (Wildman–Crippen LogP) is 3.65. The molecule has 2 unspecified atom stereocenters. The molecule has 1 aromatic heterocycles. The van der Waals surface area contributed by atoms with Crippen LogP contribution in [0.2, 0.25) is 0 Å². The fourth-order valence-corrected chi connectivity index (χ4v) is 3.89. The molecule has 0 fully saturated rings. The monoisotopic (exact) mass is 357 g/mol. The molecule has 1 aromatic carbocycles. The summed E-state index contributed by atoms with van der Waals surface area (Å²) in [5.41, 5.74) is 2.54. The summed E-state index contributed by atoms with van der Waals surface area (Å²) < 4.78 is 0. The van der Waals surface area contributed by atoms with E-state index in [1.54, 1.807) is 12.1 Å². The lowest BCUT2D eigenvalue weighted by atomic mass is 10.1. The van der Waals surface area contributed by atoms with Gasteiger partial charge in [0, 0.05) is 16.5 Å². The molecule has 2 N–H and O–H groups in total. The molecule has 0 saturated carbocycles. The summed E-state index contributed by atoms with van der Waals surface area (Å²) in [6.45, 7) is 6.03. The molecule has 25 heavy (non-hydrogen) atoms. The number of carbonyl (C=O) groups is 2. The first-order chi connectivity index (χ1) is 12.0. The molecule has 1 aliphatic carbocycles. The van der Waals surface area contributed by atoms with Crippen molar-refractivity contribution in [2.75, 3.05) is 5.32 Å². The molecular formula is C19H23N3O2S. The Morgan fingerprint density at radius 3 is 2.72 bits per heavy atom. The summed E-state index contributed by atoms with van der Waals surface area (Å²) in [5.74, 6) is -0.340. The van der Waals surface area contributed by atoms with Gasteiger partial charge in [-0.2, -0.15) is 0 Å². The Kier molecular flexibility index (Phi) is 5.18. The van der Waals surface area contributed by atoms with E-state index >= 15 is 0 Å². The van der Waals surface area contributed by atoms with Crippen molar-refractivity contribution in [3.05, 3.63) is 46.0 Å². The van der Waals surface area contributed by atoms with Gasteiger partial charge in [0.2, 0.25) is 5.91 Å². The average Bonchev–Trinajstić information content (AvgIpc) is 3.14. The molecule has 0 aliphatic heterocycles. The van der Waals surface area contributed by atoms with Crippen LogP contribution >= 0.6 is 11.3 Å². The van der Waals surface area contributed by atoms with E-state index in [0.717, 1.165) is 35.4 Å². The molecule has 0 saturated heterocycles. The van der Waals surface area contributed by atoms with Crippen LogP contribution in [0.5, 0.6) is 0 Å². The highest BCUT2D eigenvalue weighted by molar-refractivity contribution is 7.16.